The number of azide groups is 1. The van der Waals surface area contributed by atoms with Crippen molar-refractivity contribution in [1.82, 2.24) is 4.90 Å². The van der Waals surface area contributed by atoms with E-state index in [9.17, 15) is 9.59 Å². The van der Waals surface area contributed by atoms with Crippen molar-refractivity contribution in [2.24, 2.45) is 5.11 Å². The Morgan fingerprint density at radius 3 is 2.49 bits per heavy atom. The summed E-state index contributed by atoms with van der Waals surface area (Å²) < 4.78 is 16.9. The van der Waals surface area contributed by atoms with Crippen LogP contribution in [0.3, 0.4) is 0 Å². The van der Waals surface area contributed by atoms with Crippen molar-refractivity contribution in [1.29, 1.82) is 0 Å². The van der Waals surface area contributed by atoms with Crippen LogP contribution in [-0.4, -0.2) is 71.5 Å². The van der Waals surface area contributed by atoms with E-state index in [0.717, 1.165) is 28.5 Å². The minimum Gasteiger partial charge on any atom is -0.497 e. The van der Waals surface area contributed by atoms with E-state index in [0.29, 0.717) is 36.6 Å². The van der Waals surface area contributed by atoms with Gasteiger partial charge in [0.1, 0.15) is 24.3 Å². The minimum absolute atomic E-state index is 0.0295. The van der Waals surface area contributed by atoms with E-state index in [4.69, 9.17) is 19.7 Å². The number of carbonyl (C=O) groups excluding carboxylic acids is 2. The topological polar surface area (TPSA) is 117 Å². The highest BCUT2D eigenvalue weighted by Crippen LogP contribution is 2.38. The number of hydrogen-bond acceptors (Lipinski definition) is 6. The third-order valence-electron chi connectivity index (χ3n) is 6.96. The normalized spacial score (nSPS) is 16.7. The molecule has 206 valence electrons. The van der Waals surface area contributed by atoms with Crippen molar-refractivity contribution in [3.05, 3.63) is 69.6 Å². The number of fused-ring (bicyclic) bond motifs is 2. The van der Waals surface area contributed by atoms with Crippen molar-refractivity contribution in [3.8, 4) is 11.5 Å². The summed E-state index contributed by atoms with van der Waals surface area (Å²) >= 11 is 0. The first-order valence-corrected chi connectivity index (χ1v) is 16.6. The standard InChI is InChI=1S/C28H35N5O5Si/c1-36-22-8-6-19(7-9-22)21-15-25-28(35)33(18-38-12-13-39(3,4)5)24-14-20(10-11-30-31-29)26(37-2)16-23(24)27(34)32(25)17-21/h6-9,14-16,25H,10-13,17-18H2,1-5H3/t25-/m1/s1. The molecule has 0 saturated carbocycles. The Balaban J connectivity index is 1.72. The van der Waals surface area contributed by atoms with E-state index in [1.54, 1.807) is 29.0 Å². The number of rotatable bonds is 11. The number of benzene rings is 2. The molecule has 39 heavy (non-hydrogen) atoms. The summed E-state index contributed by atoms with van der Waals surface area (Å²) in [4.78, 5) is 33.9. The van der Waals surface area contributed by atoms with Crippen LogP contribution in [-0.2, 0) is 16.0 Å². The lowest BCUT2D eigenvalue weighted by Crippen LogP contribution is -2.45. The SMILES string of the molecule is COc1ccc(C2=C[C@@H]3C(=O)N(COCC[Si](C)(C)C)c4cc(CCN=[N+]=[N-])c(OC)cc4C(=O)N3C2)cc1. The molecule has 4 rings (SSSR count). The molecule has 0 bridgehead atoms. The fourth-order valence-corrected chi connectivity index (χ4v) is 5.47. The van der Waals surface area contributed by atoms with Gasteiger partial charge in [0.2, 0.25) is 0 Å². The van der Waals surface area contributed by atoms with Crippen LogP contribution in [0.5, 0.6) is 11.5 Å². The third kappa shape index (κ3) is 6.27. The maximum atomic E-state index is 14.0. The summed E-state index contributed by atoms with van der Waals surface area (Å²) in [5, 5.41) is 3.63. The molecule has 10 nitrogen and oxygen atoms in total. The number of hydrogen-bond donors (Lipinski definition) is 0. The van der Waals surface area contributed by atoms with Gasteiger partial charge in [-0.2, -0.15) is 0 Å². The molecular formula is C28H35N5O5Si. The smallest absolute Gasteiger partial charge is 0.257 e. The molecule has 0 aromatic heterocycles. The largest absolute Gasteiger partial charge is 0.497 e. The lowest BCUT2D eigenvalue weighted by atomic mass is 10.0. The molecule has 2 aliphatic heterocycles. The molecule has 0 radical (unpaired) electrons. The first-order valence-electron chi connectivity index (χ1n) is 12.9. The fourth-order valence-electron chi connectivity index (χ4n) is 4.72. The average Bonchev–Trinajstić information content (AvgIpc) is 3.35. The van der Waals surface area contributed by atoms with E-state index >= 15 is 0 Å². The van der Waals surface area contributed by atoms with Crippen LogP contribution >= 0.6 is 0 Å². The number of nitrogens with zero attached hydrogens (tertiary/aromatic N) is 5. The molecule has 0 N–H and O–H groups in total. The molecule has 0 fully saturated rings. The number of anilines is 1. The Morgan fingerprint density at radius 2 is 1.85 bits per heavy atom. The van der Waals surface area contributed by atoms with Crippen LogP contribution in [0.4, 0.5) is 5.69 Å². The van der Waals surface area contributed by atoms with Crippen molar-refractivity contribution >= 4 is 31.1 Å². The maximum Gasteiger partial charge on any atom is 0.257 e. The van der Waals surface area contributed by atoms with E-state index in [1.807, 2.05) is 30.3 Å². The number of carbonyl (C=O) groups is 2. The van der Waals surface area contributed by atoms with Crippen LogP contribution in [0.15, 0.2) is 47.6 Å². The van der Waals surface area contributed by atoms with Gasteiger partial charge in [-0.1, -0.05) is 36.9 Å². The molecule has 11 heteroatoms. The van der Waals surface area contributed by atoms with Crippen molar-refractivity contribution in [3.63, 3.8) is 0 Å². The van der Waals surface area contributed by atoms with Crippen LogP contribution in [0.25, 0.3) is 16.0 Å². The van der Waals surface area contributed by atoms with Crippen LogP contribution in [0.2, 0.25) is 25.7 Å². The van der Waals surface area contributed by atoms with Crippen molar-refractivity contribution in [2.75, 3.05) is 45.5 Å². The van der Waals surface area contributed by atoms with E-state index < -0.39 is 14.1 Å². The predicted octanol–water partition coefficient (Wildman–Crippen LogP) is 5.12. The second kappa shape index (κ2) is 11.9. The lowest BCUT2D eigenvalue weighted by molar-refractivity contribution is -0.122. The van der Waals surface area contributed by atoms with Gasteiger partial charge in [-0.15, -0.1) is 0 Å². The highest BCUT2D eigenvalue weighted by atomic mass is 28.3. The van der Waals surface area contributed by atoms with Crippen LogP contribution in [0, 0.1) is 0 Å². The minimum atomic E-state index is -1.33. The number of methoxy groups -OCH3 is 2. The Labute approximate surface area is 229 Å². The monoisotopic (exact) mass is 549 g/mol. The quantitative estimate of drug-likeness (QED) is 0.127. The van der Waals surface area contributed by atoms with Gasteiger partial charge in [0.25, 0.3) is 11.8 Å². The van der Waals surface area contributed by atoms with Crippen molar-refractivity contribution < 1.29 is 23.8 Å². The molecular weight excluding hydrogens is 514 g/mol. The van der Waals surface area contributed by atoms with Crippen molar-refractivity contribution in [2.45, 2.75) is 38.1 Å². The Kier molecular flexibility index (Phi) is 8.64. The highest BCUT2D eigenvalue weighted by molar-refractivity contribution is 6.76. The second-order valence-electron chi connectivity index (χ2n) is 10.8. The maximum absolute atomic E-state index is 14.0. The molecule has 0 spiro atoms. The van der Waals surface area contributed by atoms with Gasteiger partial charge in [-0.25, -0.2) is 0 Å². The zero-order chi connectivity index (χ0) is 28.2. The third-order valence-corrected chi connectivity index (χ3v) is 8.66. The fraction of sp³-hybridized carbons (Fsp3) is 0.429. The molecule has 2 aromatic carbocycles. The summed E-state index contributed by atoms with van der Waals surface area (Å²) in [6.45, 7) is 7.89. The Morgan fingerprint density at radius 1 is 1.10 bits per heavy atom. The zero-order valence-corrected chi connectivity index (χ0v) is 24.1. The summed E-state index contributed by atoms with van der Waals surface area (Å²) in [5.41, 5.74) is 12.1. The van der Waals surface area contributed by atoms with Gasteiger partial charge in [-0.05, 0) is 65.0 Å². The molecule has 2 aliphatic rings. The molecule has 2 amide bonds. The molecule has 2 heterocycles. The van der Waals surface area contributed by atoms with E-state index in [1.165, 1.54) is 7.11 Å². The Bertz CT molecular complexity index is 1310. The summed E-state index contributed by atoms with van der Waals surface area (Å²) in [6, 6.07) is 11.2. The van der Waals surface area contributed by atoms with Gasteiger partial charge >= 0.3 is 0 Å². The van der Waals surface area contributed by atoms with E-state index in [-0.39, 0.29) is 25.1 Å². The summed E-state index contributed by atoms with van der Waals surface area (Å²) in [5.74, 6) is 0.749. The summed E-state index contributed by atoms with van der Waals surface area (Å²) in [6.07, 6.45) is 2.27. The van der Waals surface area contributed by atoms with Gasteiger partial charge in [0, 0.05) is 32.7 Å². The average molecular weight is 550 g/mol. The molecule has 0 unspecified atom stereocenters. The zero-order valence-electron chi connectivity index (χ0n) is 23.1. The summed E-state index contributed by atoms with van der Waals surface area (Å²) in [7, 11) is 1.81. The molecule has 0 saturated heterocycles. The highest BCUT2D eigenvalue weighted by Gasteiger charge is 2.42. The van der Waals surface area contributed by atoms with Gasteiger partial charge in [0.05, 0.1) is 25.5 Å². The van der Waals surface area contributed by atoms with Crippen LogP contribution in [0.1, 0.15) is 21.5 Å². The number of ether oxygens (including phenoxy) is 3. The predicted molar refractivity (Wildman–Crippen MR) is 153 cm³/mol. The van der Waals surface area contributed by atoms with E-state index in [2.05, 4.69) is 29.7 Å². The second-order valence-corrected chi connectivity index (χ2v) is 16.4. The van der Waals surface area contributed by atoms with Gasteiger partial charge in [-0.3, -0.25) is 14.5 Å². The van der Waals surface area contributed by atoms with Crippen LogP contribution < -0.4 is 14.4 Å². The first kappa shape index (κ1) is 28.2. The molecule has 1 atom stereocenters. The lowest BCUT2D eigenvalue weighted by Gasteiger charge is -2.26. The molecule has 0 aliphatic carbocycles. The van der Waals surface area contributed by atoms with Gasteiger partial charge < -0.3 is 19.1 Å². The first-order chi connectivity index (χ1) is 18.7. The van der Waals surface area contributed by atoms with Gasteiger partial charge in [0.15, 0.2) is 0 Å². The Hall–Kier alpha value is -3.79. The molecule has 2 aromatic rings. The number of amides is 2.